The number of piperidine rings is 1. The van der Waals surface area contributed by atoms with Gasteiger partial charge < -0.3 is 20.1 Å². The molecule has 2 unspecified atom stereocenters. The molecule has 0 radical (unpaired) electrons. The number of nitriles is 1. The number of methoxy groups -OCH3 is 1. The number of halogens is 1. The van der Waals surface area contributed by atoms with Gasteiger partial charge in [-0.1, -0.05) is 23.4 Å². The minimum Gasteiger partial charge on any atom is -0.495 e. The Kier molecular flexibility index (Phi) is 5.86. The van der Waals surface area contributed by atoms with Gasteiger partial charge in [-0.25, -0.2) is 4.99 Å². The number of ether oxygens (including phenoxy) is 1. The highest BCUT2D eigenvalue weighted by molar-refractivity contribution is 6.32. The molecule has 3 aliphatic rings. The van der Waals surface area contributed by atoms with Crippen LogP contribution in [-0.4, -0.2) is 41.1 Å². The van der Waals surface area contributed by atoms with E-state index < -0.39 is 0 Å². The normalized spacial score (nSPS) is 23.2. The van der Waals surface area contributed by atoms with E-state index in [0.29, 0.717) is 22.9 Å². The number of nitrogens with one attached hydrogen (secondary N) is 1. The van der Waals surface area contributed by atoms with Gasteiger partial charge in [-0.2, -0.15) is 5.26 Å². The van der Waals surface area contributed by atoms with E-state index in [2.05, 4.69) is 22.0 Å². The third kappa shape index (κ3) is 4.12. The maximum absolute atomic E-state index is 10.2. The second kappa shape index (κ2) is 8.96. The lowest BCUT2D eigenvalue weighted by Crippen LogP contribution is -2.48. The van der Waals surface area contributed by atoms with Gasteiger partial charge in [0.05, 0.1) is 41.8 Å². The molecule has 5 rings (SSSR count). The van der Waals surface area contributed by atoms with E-state index in [9.17, 15) is 10.4 Å². The molecule has 2 saturated heterocycles. The SMILES string of the molecule is COc1ccc(CNC2=C=CN=C(N3C4CCC3CC(O)C4)c3ccc(C#N)cc32)cc1Cl. The summed E-state index contributed by atoms with van der Waals surface area (Å²) in [4.78, 5) is 7.17. The molecule has 2 atom stereocenters. The van der Waals surface area contributed by atoms with Gasteiger partial charge >= 0.3 is 0 Å². The molecule has 2 aromatic rings. The molecule has 0 amide bonds. The van der Waals surface area contributed by atoms with Gasteiger partial charge in [0.15, 0.2) is 0 Å². The Bertz CT molecular complexity index is 1210. The van der Waals surface area contributed by atoms with Gasteiger partial charge in [0.1, 0.15) is 11.6 Å². The molecule has 168 valence electrons. The van der Waals surface area contributed by atoms with Crippen LogP contribution in [0.4, 0.5) is 0 Å². The lowest BCUT2D eigenvalue weighted by atomic mass is 9.95. The molecule has 0 spiro atoms. The van der Waals surface area contributed by atoms with Crippen LogP contribution in [0.15, 0.2) is 53.3 Å². The van der Waals surface area contributed by atoms with Gasteiger partial charge in [-0.15, -0.1) is 0 Å². The van der Waals surface area contributed by atoms with Gasteiger partial charge in [0.25, 0.3) is 0 Å². The number of hydrogen-bond acceptors (Lipinski definition) is 6. The zero-order valence-corrected chi connectivity index (χ0v) is 19.1. The number of nitrogens with zero attached hydrogens (tertiary/aromatic N) is 3. The van der Waals surface area contributed by atoms with Crippen LogP contribution in [0.3, 0.4) is 0 Å². The molecule has 3 aliphatic heterocycles. The highest BCUT2D eigenvalue weighted by Crippen LogP contribution is 2.38. The summed E-state index contributed by atoms with van der Waals surface area (Å²) >= 11 is 6.29. The van der Waals surface area contributed by atoms with E-state index in [-0.39, 0.29) is 18.2 Å². The van der Waals surface area contributed by atoms with Crippen molar-refractivity contribution >= 4 is 23.1 Å². The molecule has 6 nitrogen and oxygen atoms in total. The maximum Gasteiger partial charge on any atom is 0.137 e. The van der Waals surface area contributed by atoms with Crippen molar-refractivity contribution in [3.63, 3.8) is 0 Å². The van der Waals surface area contributed by atoms with Crippen molar-refractivity contribution in [3.8, 4) is 11.8 Å². The van der Waals surface area contributed by atoms with E-state index in [0.717, 1.165) is 53.9 Å². The second-order valence-corrected chi connectivity index (χ2v) is 9.12. The van der Waals surface area contributed by atoms with Crippen LogP contribution >= 0.6 is 11.6 Å². The van der Waals surface area contributed by atoms with Crippen LogP contribution in [0.5, 0.6) is 5.75 Å². The number of aliphatic hydroxyl groups is 1. The van der Waals surface area contributed by atoms with E-state index in [4.69, 9.17) is 21.3 Å². The molecule has 0 saturated carbocycles. The molecule has 0 aliphatic carbocycles. The molecule has 0 aromatic heterocycles. The van der Waals surface area contributed by atoms with Gasteiger partial charge in [-0.3, -0.25) is 0 Å². The molecular formula is C26H25ClN4O2. The first-order valence-corrected chi connectivity index (χ1v) is 11.6. The Hall–Kier alpha value is -3.23. The molecule has 2 bridgehead atoms. The quantitative estimate of drug-likeness (QED) is 0.668. The van der Waals surface area contributed by atoms with Crippen LogP contribution < -0.4 is 10.1 Å². The molecular weight excluding hydrogens is 436 g/mol. The van der Waals surface area contributed by atoms with Crippen molar-refractivity contribution in [2.45, 2.75) is 50.4 Å². The predicted molar refractivity (Wildman–Crippen MR) is 128 cm³/mol. The smallest absolute Gasteiger partial charge is 0.137 e. The average molecular weight is 461 g/mol. The summed E-state index contributed by atoms with van der Waals surface area (Å²) in [6.07, 6.45) is 5.12. The van der Waals surface area contributed by atoms with Crippen LogP contribution in [0.1, 0.15) is 47.9 Å². The minimum absolute atomic E-state index is 0.243. The number of rotatable bonds is 4. The number of amidine groups is 1. The Morgan fingerprint density at radius 3 is 2.70 bits per heavy atom. The summed E-state index contributed by atoms with van der Waals surface area (Å²) < 4.78 is 5.24. The molecule has 2 aromatic carbocycles. The van der Waals surface area contributed by atoms with Crippen LogP contribution in [-0.2, 0) is 6.54 Å². The van der Waals surface area contributed by atoms with Gasteiger partial charge in [-0.05, 0) is 61.6 Å². The zero-order chi connectivity index (χ0) is 22.9. The van der Waals surface area contributed by atoms with Crippen molar-refractivity contribution in [2.24, 2.45) is 4.99 Å². The summed E-state index contributed by atoms with van der Waals surface area (Å²) in [6.45, 7) is 0.534. The fourth-order valence-electron chi connectivity index (χ4n) is 5.18. The Balaban J connectivity index is 1.47. The zero-order valence-electron chi connectivity index (χ0n) is 18.4. The highest BCUT2D eigenvalue weighted by Gasteiger charge is 2.42. The van der Waals surface area contributed by atoms with Crippen molar-refractivity contribution in [3.05, 3.63) is 75.6 Å². The number of aliphatic imine (C=N–C) groups is 1. The number of hydrogen-bond donors (Lipinski definition) is 2. The molecule has 33 heavy (non-hydrogen) atoms. The van der Waals surface area contributed by atoms with E-state index >= 15 is 0 Å². The van der Waals surface area contributed by atoms with E-state index in [1.807, 2.05) is 36.4 Å². The lowest BCUT2D eigenvalue weighted by Gasteiger charge is -2.39. The van der Waals surface area contributed by atoms with Crippen LogP contribution in [0.25, 0.3) is 5.70 Å². The molecule has 3 heterocycles. The second-order valence-electron chi connectivity index (χ2n) is 8.71. The minimum atomic E-state index is -0.243. The van der Waals surface area contributed by atoms with Crippen molar-refractivity contribution in [1.29, 1.82) is 5.26 Å². The average Bonchev–Trinajstić information content (AvgIpc) is 2.98. The summed E-state index contributed by atoms with van der Waals surface area (Å²) in [7, 11) is 1.59. The fourth-order valence-corrected chi connectivity index (χ4v) is 5.46. The topological polar surface area (TPSA) is 80.9 Å². The van der Waals surface area contributed by atoms with Crippen molar-refractivity contribution < 1.29 is 9.84 Å². The van der Waals surface area contributed by atoms with Crippen molar-refractivity contribution in [2.75, 3.05) is 7.11 Å². The first-order chi connectivity index (χ1) is 16.1. The summed E-state index contributed by atoms with van der Waals surface area (Å²) in [5, 5.41) is 23.8. The Morgan fingerprint density at radius 1 is 1.21 bits per heavy atom. The van der Waals surface area contributed by atoms with E-state index in [1.165, 1.54) is 0 Å². The van der Waals surface area contributed by atoms with Crippen LogP contribution in [0, 0.1) is 11.3 Å². The summed E-state index contributed by atoms with van der Waals surface area (Å²) in [5.74, 6) is 1.53. The highest BCUT2D eigenvalue weighted by atomic mass is 35.5. The largest absolute Gasteiger partial charge is 0.495 e. The monoisotopic (exact) mass is 460 g/mol. The fraction of sp³-hybridized carbons (Fsp3) is 0.346. The molecule has 2 fully saturated rings. The van der Waals surface area contributed by atoms with Crippen LogP contribution in [0.2, 0.25) is 5.02 Å². The predicted octanol–water partition coefficient (Wildman–Crippen LogP) is 4.21. The van der Waals surface area contributed by atoms with Crippen molar-refractivity contribution in [1.82, 2.24) is 10.2 Å². The number of aliphatic hydroxyl groups excluding tert-OH is 1. The summed E-state index contributed by atoms with van der Waals surface area (Å²) in [5.41, 5.74) is 7.50. The van der Waals surface area contributed by atoms with E-state index in [1.54, 1.807) is 13.3 Å². The molecule has 2 N–H and O–H groups in total. The standard InChI is InChI=1S/C26H25ClN4O2/c1-33-25-7-3-17(11-23(25)27)15-30-24-8-9-29-26(21-6-2-16(14-28)10-22(21)24)31-18-4-5-19(31)13-20(32)12-18/h2-3,6-7,9-11,18-20,30,32H,4-5,12-13,15H2,1H3. The Labute approximate surface area is 198 Å². The molecule has 7 heteroatoms. The van der Waals surface area contributed by atoms with Gasteiger partial charge in [0.2, 0.25) is 0 Å². The maximum atomic E-state index is 10.2. The van der Waals surface area contributed by atoms with Gasteiger partial charge in [0, 0.05) is 29.8 Å². The third-order valence-corrected chi connectivity index (χ3v) is 6.99. The third-order valence-electron chi connectivity index (χ3n) is 6.69. The number of benzene rings is 2. The summed E-state index contributed by atoms with van der Waals surface area (Å²) in [6, 6.07) is 14.2. The first kappa shape index (κ1) is 21.6. The Morgan fingerprint density at radius 2 is 2.00 bits per heavy atom. The first-order valence-electron chi connectivity index (χ1n) is 11.2. The number of fused-ring (bicyclic) bond motifs is 3. The lowest BCUT2D eigenvalue weighted by molar-refractivity contribution is 0.0713.